The summed E-state index contributed by atoms with van der Waals surface area (Å²) >= 11 is 1.76. The monoisotopic (exact) mass is 281 g/mol. The van der Waals surface area contributed by atoms with Crippen molar-refractivity contribution in [2.24, 2.45) is 0 Å². The Bertz CT molecular complexity index is 536. The van der Waals surface area contributed by atoms with E-state index in [1.165, 1.54) is 15.8 Å². The topological polar surface area (TPSA) is 12.0 Å². The fraction of sp³-hybridized carbons (Fsp3) is 0.333. The molecular weight excluding hydrogens is 264 g/mol. The Hall–Kier alpha value is -1.26. The molecule has 0 aliphatic rings. The molecule has 0 fully saturated rings. The highest BCUT2D eigenvalue weighted by atomic mass is 32.1. The van der Waals surface area contributed by atoms with Gasteiger partial charge in [-0.25, -0.2) is 8.78 Å². The van der Waals surface area contributed by atoms with Crippen LogP contribution in [0.2, 0.25) is 0 Å². The van der Waals surface area contributed by atoms with Crippen molar-refractivity contribution in [2.45, 2.75) is 32.9 Å². The minimum absolute atomic E-state index is 0.0823. The Morgan fingerprint density at radius 3 is 2.63 bits per heavy atom. The molecule has 1 aromatic carbocycles. The first-order valence-electron chi connectivity index (χ1n) is 6.23. The largest absolute Gasteiger partial charge is 0.305 e. The number of thiophene rings is 1. The highest BCUT2D eigenvalue weighted by Gasteiger charge is 2.09. The molecule has 0 saturated heterocycles. The van der Waals surface area contributed by atoms with Gasteiger partial charge in [0.25, 0.3) is 6.43 Å². The Labute approximate surface area is 116 Å². The molecule has 2 rings (SSSR count). The van der Waals surface area contributed by atoms with Gasteiger partial charge in [0.05, 0.1) is 0 Å². The van der Waals surface area contributed by atoms with E-state index in [2.05, 4.69) is 31.3 Å². The molecule has 1 unspecified atom stereocenters. The summed E-state index contributed by atoms with van der Waals surface area (Å²) in [4.78, 5) is 2.55. The predicted molar refractivity (Wildman–Crippen MR) is 75.7 cm³/mol. The van der Waals surface area contributed by atoms with Crippen LogP contribution in [0, 0.1) is 6.92 Å². The highest BCUT2D eigenvalue weighted by molar-refractivity contribution is 7.12. The summed E-state index contributed by atoms with van der Waals surface area (Å²) in [6.45, 7) is 4.76. The Morgan fingerprint density at radius 2 is 2.00 bits per heavy atom. The van der Waals surface area contributed by atoms with Crippen LogP contribution in [0.25, 0.3) is 0 Å². The second-order valence-electron chi connectivity index (χ2n) is 4.60. The third-order valence-electron chi connectivity index (χ3n) is 3.00. The van der Waals surface area contributed by atoms with Crippen LogP contribution < -0.4 is 5.32 Å². The molecule has 0 aliphatic carbocycles. The molecule has 0 bridgehead atoms. The van der Waals surface area contributed by atoms with E-state index in [0.29, 0.717) is 6.54 Å². The van der Waals surface area contributed by atoms with Crippen molar-refractivity contribution in [1.82, 2.24) is 5.32 Å². The van der Waals surface area contributed by atoms with E-state index in [9.17, 15) is 8.78 Å². The van der Waals surface area contributed by atoms with Crippen LogP contribution >= 0.6 is 11.3 Å². The molecule has 1 nitrogen and oxygen atoms in total. The van der Waals surface area contributed by atoms with Crippen molar-refractivity contribution < 1.29 is 8.78 Å². The van der Waals surface area contributed by atoms with Crippen LogP contribution in [0.4, 0.5) is 8.78 Å². The molecule has 1 N–H and O–H groups in total. The van der Waals surface area contributed by atoms with E-state index in [1.54, 1.807) is 23.5 Å². The average Bonchev–Trinajstić information content (AvgIpc) is 2.83. The van der Waals surface area contributed by atoms with Gasteiger partial charge in [-0.05, 0) is 37.6 Å². The Morgan fingerprint density at radius 1 is 1.21 bits per heavy atom. The van der Waals surface area contributed by atoms with E-state index in [0.717, 1.165) is 5.56 Å². The minimum atomic E-state index is -2.41. The predicted octanol–water partition coefficient (Wildman–Crippen LogP) is 4.84. The second-order valence-corrected chi connectivity index (χ2v) is 5.92. The number of hydrogen-bond acceptors (Lipinski definition) is 2. The Balaban J connectivity index is 1.96. The summed E-state index contributed by atoms with van der Waals surface area (Å²) in [5, 5.41) is 3.36. The molecule has 102 valence electrons. The van der Waals surface area contributed by atoms with Gasteiger partial charge in [-0.3, -0.25) is 0 Å². The molecular formula is C15H17F2NS. The van der Waals surface area contributed by atoms with Crippen LogP contribution in [-0.2, 0) is 6.54 Å². The van der Waals surface area contributed by atoms with Gasteiger partial charge in [-0.2, -0.15) is 0 Å². The molecule has 0 saturated carbocycles. The summed E-state index contributed by atoms with van der Waals surface area (Å²) in [6, 6.07) is 11.0. The minimum Gasteiger partial charge on any atom is -0.305 e. The Kier molecular flexibility index (Phi) is 4.66. The van der Waals surface area contributed by atoms with Crippen LogP contribution in [0.3, 0.4) is 0 Å². The summed E-state index contributed by atoms with van der Waals surface area (Å²) < 4.78 is 25.2. The fourth-order valence-corrected chi connectivity index (χ4v) is 2.80. The maximum absolute atomic E-state index is 12.6. The van der Waals surface area contributed by atoms with Crippen molar-refractivity contribution in [3.63, 3.8) is 0 Å². The number of alkyl halides is 2. The van der Waals surface area contributed by atoms with Crippen molar-refractivity contribution in [3.8, 4) is 0 Å². The van der Waals surface area contributed by atoms with Crippen LogP contribution in [0.15, 0.2) is 36.4 Å². The van der Waals surface area contributed by atoms with Crippen molar-refractivity contribution in [2.75, 3.05) is 0 Å². The van der Waals surface area contributed by atoms with E-state index >= 15 is 0 Å². The number of rotatable bonds is 5. The van der Waals surface area contributed by atoms with Gasteiger partial charge in [0, 0.05) is 27.9 Å². The highest BCUT2D eigenvalue weighted by Crippen LogP contribution is 2.23. The number of aryl methyl sites for hydroxylation is 1. The van der Waals surface area contributed by atoms with E-state index in [-0.39, 0.29) is 11.6 Å². The quantitative estimate of drug-likeness (QED) is 0.826. The fourth-order valence-electron chi connectivity index (χ4n) is 1.90. The molecule has 0 aliphatic heterocycles. The lowest BCUT2D eigenvalue weighted by atomic mass is 10.1. The zero-order chi connectivity index (χ0) is 13.8. The smallest absolute Gasteiger partial charge is 0.263 e. The van der Waals surface area contributed by atoms with Crippen LogP contribution in [-0.4, -0.2) is 0 Å². The van der Waals surface area contributed by atoms with Gasteiger partial charge in [0.1, 0.15) is 0 Å². The van der Waals surface area contributed by atoms with Crippen LogP contribution in [0.5, 0.6) is 0 Å². The summed E-state index contributed by atoms with van der Waals surface area (Å²) in [6.07, 6.45) is -2.41. The lowest BCUT2D eigenvalue weighted by molar-refractivity contribution is 0.151. The molecule has 2 aromatic rings. The van der Waals surface area contributed by atoms with Gasteiger partial charge in [-0.15, -0.1) is 11.3 Å². The molecule has 0 amide bonds. The van der Waals surface area contributed by atoms with Gasteiger partial charge in [0.2, 0.25) is 0 Å². The average molecular weight is 281 g/mol. The molecule has 4 heteroatoms. The van der Waals surface area contributed by atoms with E-state index in [4.69, 9.17) is 0 Å². The third kappa shape index (κ3) is 3.85. The van der Waals surface area contributed by atoms with Crippen molar-refractivity contribution in [3.05, 3.63) is 57.3 Å². The number of halogens is 2. The standard InChI is InChI=1S/C15H17F2NS/c1-10-6-7-14(19-10)11(2)18-9-12-4-3-5-13(8-12)15(16)17/h3-8,11,15,18H,9H2,1-2H3. The maximum atomic E-state index is 12.6. The molecule has 0 spiro atoms. The van der Waals surface area contributed by atoms with Crippen LogP contribution in [0.1, 0.15) is 40.3 Å². The summed E-state index contributed by atoms with van der Waals surface area (Å²) in [5.41, 5.74) is 0.969. The zero-order valence-electron chi connectivity index (χ0n) is 11.0. The molecule has 0 radical (unpaired) electrons. The number of nitrogens with one attached hydrogen (secondary N) is 1. The molecule has 1 aromatic heterocycles. The first-order chi connectivity index (χ1) is 9.06. The third-order valence-corrected chi connectivity index (χ3v) is 4.19. The summed E-state index contributed by atoms with van der Waals surface area (Å²) in [7, 11) is 0. The molecule has 1 heterocycles. The SMILES string of the molecule is Cc1ccc(C(C)NCc2cccc(C(F)F)c2)s1. The normalized spacial score (nSPS) is 12.9. The first-order valence-corrected chi connectivity index (χ1v) is 7.04. The molecule has 1 atom stereocenters. The molecule has 19 heavy (non-hydrogen) atoms. The lowest BCUT2D eigenvalue weighted by Gasteiger charge is -2.12. The zero-order valence-corrected chi connectivity index (χ0v) is 11.8. The van der Waals surface area contributed by atoms with Gasteiger partial charge in [-0.1, -0.05) is 18.2 Å². The number of benzene rings is 1. The van der Waals surface area contributed by atoms with Crippen molar-refractivity contribution >= 4 is 11.3 Å². The van der Waals surface area contributed by atoms with Gasteiger partial charge >= 0.3 is 0 Å². The van der Waals surface area contributed by atoms with Gasteiger partial charge < -0.3 is 5.32 Å². The van der Waals surface area contributed by atoms with E-state index < -0.39 is 6.43 Å². The first kappa shape index (κ1) is 14.2. The van der Waals surface area contributed by atoms with Gasteiger partial charge in [0.15, 0.2) is 0 Å². The summed E-state index contributed by atoms with van der Waals surface area (Å²) in [5.74, 6) is 0. The maximum Gasteiger partial charge on any atom is 0.263 e. The number of hydrogen-bond donors (Lipinski definition) is 1. The lowest BCUT2D eigenvalue weighted by Crippen LogP contribution is -2.17. The van der Waals surface area contributed by atoms with E-state index in [1.807, 2.05) is 6.07 Å². The van der Waals surface area contributed by atoms with Crippen molar-refractivity contribution in [1.29, 1.82) is 0 Å². The second kappa shape index (κ2) is 6.26.